The van der Waals surface area contributed by atoms with Crippen molar-refractivity contribution in [2.75, 3.05) is 40.6 Å². The number of benzene rings is 1. The van der Waals surface area contributed by atoms with E-state index < -0.39 is 0 Å². The maximum atomic E-state index is 9.71. The molecule has 0 saturated carbocycles. The van der Waals surface area contributed by atoms with Crippen molar-refractivity contribution in [3.63, 3.8) is 0 Å². The van der Waals surface area contributed by atoms with Crippen LogP contribution in [-0.4, -0.2) is 50.1 Å². The standard InChI is InChI=1S/C13H21NO2S/c1-14(2,3)8-5-9-17-13-10-11(16-4)6-7-12(13)15/h6-7,10H,5,8-9H2,1-4H3/p+1. The SMILES string of the molecule is COc1ccc(O)c(SCCC[N+](C)(C)C)c1. The van der Waals surface area contributed by atoms with Crippen molar-refractivity contribution < 1.29 is 14.3 Å². The van der Waals surface area contributed by atoms with Crippen molar-refractivity contribution in [1.29, 1.82) is 0 Å². The van der Waals surface area contributed by atoms with Crippen LogP contribution < -0.4 is 4.74 Å². The van der Waals surface area contributed by atoms with E-state index in [1.165, 1.54) is 0 Å². The number of methoxy groups -OCH3 is 1. The highest BCUT2D eigenvalue weighted by Crippen LogP contribution is 2.32. The van der Waals surface area contributed by atoms with Crippen LogP contribution in [0.25, 0.3) is 0 Å². The summed E-state index contributed by atoms with van der Waals surface area (Å²) in [4.78, 5) is 0.894. The van der Waals surface area contributed by atoms with Gasteiger partial charge in [0.05, 0.1) is 39.7 Å². The van der Waals surface area contributed by atoms with Crippen molar-refractivity contribution >= 4 is 11.8 Å². The fourth-order valence-electron chi connectivity index (χ4n) is 1.46. The van der Waals surface area contributed by atoms with Gasteiger partial charge in [-0.3, -0.25) is 0 Å². The summed E-state index contributed by atoms with van der Waals surface area (Å²) in [6.07, 6.45) is 1.13. The molecule has 1 rings (SSSR count). The Hall–Kier alpha value is -0.870. The van der Waals surface area contributed by atoms with Gasteiger partial charge >= 0.3 is 0 Å². The van der Waals surface area contributed by atoms with Crippen LogP contribution in [0.5, 0.6) is 11.5 Å². The van der Waals surface area contributed by atoms with E-state index in [-0.39, 0.29) is 0 Å². The fourth-order valence-corrected chi connectivity index (χ4v) is 2.37. The number of nitrogens with zero attached hydrogens (tertiary/aromatic N) is 1. The van der Waals surface area contributed by atoms with E-state index in [4.69, 9.17) is 4.74 Å². The molecule has 0 aliphatic rings. The second-order valence-corrected chi connectivity index (χ2v) is 6.19. The van der Waals surface area contributed by atoms with Gasteiger partial charge in [0.1, 0.15) is 11.5 Å². The Kier molecular flexibility index (Phi) is 5.15. The molecule has 0 aromatic heterocycles. The van der Waals surface area contributed by atoms with E-state index >= 15 is 0 Å². The topological polar surface area (TPSA) is 29.5 Å². The summed E-state index contributed by atoms with van der Waals surface area (Å²) in [5, 5.41) is 9.71. The number of thioether (sulfide) groups is 1. The number of hydrogen-bond donors (Lipinski definition) is 1. The highest BCUT2D eigenvalue weighted by molar-refractivity contribution is 7.99. The first kappa shape index (κ1) is 14.2. The lowest BCUT2D eigenvalue weighted by Gasteiger charge is -2.23. The van der Waals surface area contributed by atoms with Crippen molar-refractivity contribution in [3.8, 4) is 11.5 Å². The molecule has 17 heavy (non-hydrogen) atoms. The summed E-state index contributed by atoms with van der Waals surface area (Å²) in [5.74, 6) is 2.13. The molecular formula is C13H22NO2S+. The summed E-state index contributed by atoms with van der Waals surface area (Å²) < 4.78 is 6.12. The quantitative estimate of drug-likeness (QED) is 0.482. The molecule has 1 aromatic carbocycles. The van der Waals surface area contributed by atoms with Crippen molar-refractivity contribution in [1.82, 2.24) is 0 Å². The number of ether oxygens (including phenoxy) is 1. The molecule has 1 aromatic rings. The van der Waals surface area contributed by atoms with E-state index in [2.05, 4.69) is 21.1 Å². The number of quaternary nitrogens is 1. The van der Waals surface area contributed by atoms with Gasteiger partial charge in [-0.25, -0.2) is 0 Å². The number of hydrogen-bond acceptors (Lipinski definition) is 3. The summed E-state index contributed by atoms with van der Waals surface area (Å²) in [6.45, 7) is 1.14. The Balaban J connectivity index is 2.46. The smallest absolute Gasteiger partial charge is 0.129 e. The van der Waals surface area contributed by atoms with E-state index in [9.17, 15) is 5.11 Å². The normalized spacial score (nSPS) is 11.5. The van der Waals surface area contributed by atoms with Crippen molar-refractivity contribution in [2.45, 2.75) is 11.3 Å². The Morgan fingerprint density at radius 2 is 2.00 bits per heavy atom. The molecule has 0 spiro atoms. The Labute approximate surface area is 108 Å². The zero-order valence-electron chi connectivity index (χ0n) is 11.1. The number of rotatable bonds is 6. The molecule has 0 aliphatic heterocycles. The van der Waals surface area contributed by atoms with E-state index in [1.807, 2.05) is 6.07 Å². The Morgan fingerprint density at radius 1 is 1.29 bits per heavy atom. The molecule has 96 valence electrons. The van der Waals surface area contributed by atoms with Crippen LogP contribution in [0.4, 0.5) is 0 Å². The molecule has 4 heteroatoms. The highest BCUT2D eigenvalue weighted by atomic mass is 32.2. The average Bonchev–Trinajstić information content (AvgIpc) is 2.25. The third-order valence-corrected chi connectivity index (χ3v) is 3.53. The van der Waals surface area contributed by atoms with Crippen LogP contribution in [0.2, 0.25) is 0 Å². The molecule has 0 radical (unpaired) electrons. The largest absolute Gasteiger partial charge is 0.507 e. The van der Waals surface area contributed by atoms with Crippen LogP contribution in [0.1, 0.15) is 6.42 Å². The molecule has 0 aliphatic carbocycles. The first-order chi connectivity index (χ1) is 7.92. The zero-order valence-corrected chi connectivity index (χ0v) is 11.9. The van der Waals surface area contributed by atoms with Crippen molar-refractivity contribution in [2.24, 2.45) is 0 Å². The summed E-state index contributed by atoms with van der Waals surface area (Å²) in [6, 6.07) is 5.33. The zero-order chi connectivity index (χ0) is 12.9. The minimum absolute atomic E-state index is 0.334. The van der Waals surface area contributed by atoms with Gasteiger partial charge in [-0.1, -0.05) is 0 Å². The lowest BCUT2D eigenvalue weighted by Crippen LogP contribution is -2.35. The number of aromatic hydroxyl groups is 1. The van der Waals surface area contributed by atoms with E-state index in [1.54, 1.807) is 31.0 Å². The van der Waals surface area contributed by atoms with Crippen molar-refractivity contribution in [3.05, 3.63) is 18.2 Å². The predicted octanol–water partition coefficient (Wildman–Crippen LogP) is 2.59. The van der Waals surface area contributed by atoms with Gasteiger partial charge in [-0.2, -0.15) is 0 Å². The molecule has 1 N–H and O–H groups in total. The van der Waals surface area contributed by atoms with Gasteiger partial charge in [-0.15, -0.1) is 11.8 Å². The molecule has 0 amide bonds. The minimum Gasteiger partial charge on any atom is -0.507 e. The molecule has 0 unspecified atom stereocenters. The van der Waals surface area contributed by atoms with Gasteiger partial charge in [0.2, 0.25) is 0 Å². The van der Waals surface area contributed by atoms with Crippen LogP contribution in [0.15, 0.2) is 23.1 Å². The predicted molar refractivity (Wildman–Crippen MR) is 72.9 cm³/mol. The van der Waals surface area contributed by atoms with Crippen LogP contribution in [0, 0.1) is 0 Å². The Bertz CT molecular complexity index is 361. The van der Waals surface area contributed by atoms with Gasteiger partial charge < -0.3 is 14.3 Å². The Morgan fingerprint density at radius 3 is 2.59 bits per heavy atom. The molecule has 3 nitrogen and oxygen atoms in total. The van der Waals surface area contributed by atoms with Crippen LogP contribution >= 0.6 is 11.8 Å². The fraction of sp³-hybridized carbons (Fsp3) is 0.538. The minimum atomic E-state index is 0.334. The second kappa shape index (κ2) is 6.17. The summed E-state index contributed by atoms with van der Waals surface area (Å²) in [5.41, 5.74) is 0. The molecule has 0 saturated heterocycles. The molecule has 0 heterocycles. The van der Waals surface area contributed by atoms with Gasteiger partial charge in [-0.05, 0) is 18.2 Å². The number of phenols is 1. The maximum Gasteiger partial charge on any atom is 0.129 e. The first-order valence-corrected chi connectivity index (χ1v) is 6.71. The third kappa shape index (κ3) is 5.33. The lowest BCUT2D eigenvalue weighted by atomic mass is 10.3. The van der Waals surface area contributed by atoms with E-state index in [0.717, 1.165) is 33.8 Å². The molecule has 0 bridgehead atoms. The molecule has 0 atom stereocenters. The number of phenolic OH excluding ortho intramolecular Hbond substituents is 1. The third-order valence-electron chi connectivity index (χ3n) is 2.40. The monoisotopic (exact) mass is 256 g/mol. The van der Waals surface area contributed by atoms with Crippen LogP contribution in [-0.2, 0) is 0 Å². The van der Waals surface area contributed by atoms with Gasteiger partial charge in [0, 0.05) is 12.2 Å². The van der Waals surface area contributed by atoms with Crippen LogP contribution in [0.3, 0.4) is 0 Å². The first-order valence-electron chi connectivity index (χ1n) is 5.72. The van der Waals surface area contributed by atoms with Gasteiger partial charge in [0.15, 0.2) is 0 Å². The second-order valence-electron chi connectivity index (χ2n) is 5.05. The summed E-state index contributed by atoms with van der Waals surface area (Å²) in [7, 11) is 8.20. The molecular weight excluding hydrogens is 234 g/mol. The maximum absolute atomic E-state index is 9.71. The molecule has 0 fully saturated rings. The van der Waals surface area contributed by atoms with Gasteiger partial charge in [0.25, 0.3) is 0 Å². The summed E-state index contributed by atoms with van der Waals surface area (Å²) >= 11 is 1.68. The lowest BCUT2D eigenvalue weighted by molar-refractivity contribution is -0.870. The highest BCUT2D eigenvalue weighted by Gasteiger charge is 2.08. The average molecular weight is 256 g/mol. The van der Waals surface area contributed by atoms with E-state index in [0.29, 0.717) is 5.75 Å².